The highest BCUT2D eigenvalue weighted by Gasteiger charge is 2.31. The summed E-state index contributed by atoms with van der Waals surface area (Å²) in [6.45, 7) is -0.366. The maximum absolute atomic E-state index is 12.2. The van der Waals surface area contributed by atoms with Gasteiger partial charge in [-0.05, 0) is 12.0 Å². The van der Waals surface area contributed by atoms with Crippen LogP contribution in [-0.4, -0.2) is 35.7 Å². The Morgan fingerprint density at radius 1 is 1.25 bits per heavy atom. The van der Waals surface area contributed by atoms with Gasteiger partial charge >= 0.3 is 0 Å². The second kappa shape index (κ2) is 5.97. The van der Waals surface area contributed by atoms with E-state index in [9.17, 15) is 14.4 Å². The molecule has 1 N–H and O–H groups in total. The average molecular weight is 271 g/mol. The SMILES string of the molecule is N#CC(Cc1ccccc1)C(=O)N1CC(=O)NC(=O)C1. The lowest BCUT2D eigenvalue weighted by Crippen LogP contribution is -2.54. The molecule has 6 nitrogen and oxygen atoms in total. The van der Waals surface area contributed by atoms with Crippen molar-refractivity contribution in [2.45, 2.75) is 6.42 Å². The van der Waals surface area contributed by atoms with Crippen LogP contribution in [0, 0.1) is 17.2 Å². The summed E-state index contributed by atoms with van der Waals surface area (Å²) < 4.78 is 0. The van der Waals surface area contributed by atoms with Gasteiger partial charge in [-0.25, -0.2) is 0 Å². The van der Waals surface area contributed by atoms with Crippen molar-refractivity contribution in [2.75, 3.05) is 13.1 Å². The molecule has 1 atom stereocenters. The number of carbonyl (C=O) groups is 3. The van der Waals surface area contributed by atoms with Crippen molar-refractivity contribution in [1.82, 2.24) is 10.2 Å². The molecule has 1 aromatic carbocycles. The van der Waals surface area contributed by atoms with E-state index < -0.39 is 23.6 Å². The molecule has 0 saturated carbocycles. The number of hydrogen-bond donors (Lipinski definition) is 1. The Bertz CT molecular complexity index is 561. The zero-order valence-corrected chi connectivity index (χ0v) is 10.7. The number of rotatable bonds is 3. The summed E-state index contributed by atoms with van der Waals surface area (Å²) in [5.41, 5.74) is 0.861. The van der Waals surface area contributed by atoms with Gasteiger partial charge in [0.05, 0.1) is 6.07 Å². The van der Waals surface area contributed by atoms with E-state index in [1.54, 1.807) is 0 Å². The lowest BCUT2D eigenvalue weighted by Gasteiger charge is -2.27. The van der Waals surface area contributed by atoms with Gasteiger partial charge in [0, 0.05) is 0 Å². The van der Waals surface area contributed by atoms with Gasteiger partial charge in [-0.1, -0.05) is 30.3 Å². The third-order valence-corrected chi connectivity index (χ3v) is 3.00. The van der Waals surface area contributed by atoms with Gasteiger partial charge in [0.15, 0.2) is 0 Å². The Labute approximate surface area is 116 Å². The third-order valence-electron chi connectivity index (χ3n) is 3.00. The van der Waals surface area contributed by atoms with Gasteiger partial charge < -0.3 is 4.90 Å². The zero-order valence-electron chi connectivity index (χ0n) is 10.7. The maximum atomic E-state index is 12.2. The minimum Gasteiger partial charge on any atom is -0.323 e. The number of benzene rings is 1. The number of imide groups is 1. The van der Waals surface area contributed by atoms with Gasteiger partial charge in [0.1, 0.15) is 19.0 Å². The van der Waals surface area contributed by atoms with E-state index >= 15 is 0 Å². The molecule has 20 heavy (non-hydrogen) atoms. The molecule has 0 aromatic heterocycles. The van der Waals surface area contributed by atoms with Crippen LogP contribution in [0.25, 0.3) is 0 Å². The van der Waals surface area contributed by atoms with Crippen molar-refractivity contribution in [1.29, 1.82) is 5.26 Å². The van der Waals surface area contributed by atoms with Crippen molar-refractivity contribution < 1.29 is 14.4 Å². The van der Waals surface area contributed by atoms with E-state index in [1.165, 1.54) is 0 Å². The van der Waals surface area contributed by atoms with Crippen LogP contribution in [0.3, 0.4) is 0 Å². The topological polar surface area (TPSA) is 90.3 Å². The summed E-state index contributed by atoms with van der Waals surface area (Å²) in [5.74, 6) is -2.42. The molecule has 0 bridgehead atoms. The monoisotopic (exact) mass is 271 g/mol. The molecule has 6 heteroatoms. The van der Waals surface area contributed by atoms with Crippen LogP contribution >= 0.6 is 0 Å². The van der Waals surface area contributed by atoms with Gasteiger partial charge in [-0.15, -0.1) is 0 Å². The molecule has 1 fully saturated rings. The molecule has 3 amide bonds. The van der Waals surface area contributed by atoms with Crippen molar-refractivity contribution in [3.05, 3.63) is 35.9 Å². The Morgan fingerprint density at radius 3 is 2.40 bits per heavy atom. The van der Waals surface area contributed by atoms with Crippen molar-refractivity contribution >= 4 is 17.7 Å². The molecule has 1 saturated heterocycles. The lowest BCUT2D eigenvalue weighted by molar-refractivity contribution is -0.146. The third kappa shape index (κ3) is 3.20. The summed E-state index contributed by atoms with van der Waals surface area (Å²) >= 11 is 0. The fourth-order valence-corrected chi connectivity index (χ4v) is 2.05. The summed E-state index contributed by atoms with van der Waals surface area (Å²) in [5, 5.41) is 11.3. The van der Waals surface area contributed by atoms with Crippen LogP contribution in [0.1, 0.15) is 5.56 Å². The van der Waals surface area contributed by atoms with E-state index in [2.05, 4.69) is 5.32 Å². The number of nitriles is 1. The molecular formula is C14H13N3O3. The summed E-state index contributed by atoms with van der Waals surface area (Å²) in [7, 11) is 0. The highest BCUT2D eigenvalue weighted by molar-refractivity contribution is 6.03. The highest BCUT2D eigenvalue weighted by atomic mass is 16.2. The first-order valence-electron chi connectivity index (χ1n) is 6.15. The first-order valence-corrected chi connectivity index (χ1v) is 6.15. The molecular weight excluding hydrogens is 258 g/mol. The Balaban J connectivity index is 2.08. The first-order chi connectivity index (χ1) is 9.60. The van der Waals surface area contributed by atoms with E-state index in [4.69, 9.17) is 5.26 Å². The number of nitrogens with one attached hydrogen (secondary N) is 1. The molecule has 102 valence electrons. The first kappa shape index (κ1) is 13.7. The maximum Gasteiger partial charge on any atom is 0.246 e. The minimum atomic E-state index is -0.893. The quantitative estimate of drug-likeness (QED) is 0.774. The molecule has 1 aromatic rings. The van der Waals surface area contributed by atoms with Crippen molar-refractivity contribution in [2.24, 2.45) is 5.92 Å². The lowest BCUT2D eigenvalue weighted by atomic mass is 9.99. The van der Waals surface area contributed by atoms with Crippen LogP contribution in [0.4, 0.5) is 0 Å². The van der Waals surface area contributed by atoms with Gasteiger partial charge in [0.2, 0.25) is 17.7 Å². The van der Waals surface area contributed by atoms with Gasteiger partial charge in [0.25, 0.3) is 0 Å². The second-order valence-electron chi connectivity index (χ2n) is 4.54. The molecule has 0 aliphatic carbocycles. The minimum absolute atomic E-state index is 0.183. The highest BCUT2D eigenvalue weighted by Crippen LogP contribution is 2.12. The summed E-state index contributed by atoms with van der Waals surface area (Å²) in [6, 6.07) is 11.1. The fraction of sp³-hybridized carbons (Fsp3) is 0.286. The Kier molecular flexibility index (Phi) is 4.11. The van der Waals surface area contributed by atoms with Crippen LogP contribution in [0.5, 0.6) is 0 Å². The molecule has 1 unspecified atom stereocenters. The van der Waals surface area contributed by atoms with Crippen LogP contribution in [0.15, 0.2) is 30.3 Å². The Hall–Kier alpha value is -2.68. The number of piperazine rings is 1. The summed E-state index contributed by atoms with van der Waals surface area (Å²) in [6.07, 6.45) is 0.266. The summed E-state index contributed by atoms with van der Waals surface area (Å²) in [4.78, 5) is 35.8. The van der Waals surface area contributed by atoms with Crippen LogP contribution < -0.4 is 5.32 Å². The molecule has 1 aliphatic rings. The Morgan fingerprint density at radius 2 is 1.85 bits per heavy atom. The normalized spacial score (nSPS) is 16.2. The fourth-order valence-electron chi connectivity index (χ4n) is 2.05. The van der Waals surface area contributed by atoms with Crippen LogP contribution in [0.2, 0.25) is 0 Å². The van der Waals surface area contributed by atoms with E-state index in [0.29, 0.717) is 0 Å². The molecule has 1 heterocycles. The predicted octanol–water partition coefficient (Wildman–Crippen LogP) is -0.146. The standard InChI is InChI=1S/C14H13N3O3/c15-7-11(6-10-4-2-1-3-5-10)14(20)17-8-12(18)16-13(19)9-17/h1-5,11H,6,8-9H2,(H,16,18,19). The largest absolute Gasteiger partial charge is 0.323 e. The van der Waals surface area contributed by atoms with Crippen LogP contribution in [-0.2, 0) is 20.8 Å². The number of hydrogen-bond acceptors (Lipinski definition) is 4. The smallest absolute Gasteiger partial charge is 0.246 e. The molecule has 0 radical (unpaired) electrons. The van der Waals surface area contributed by atoms with E-state index in [-0.39, 0.29) is 19.5 Å². The molecule has 2 rings (SSSR count). The van der Waals surface area contributed by atoms with Gasteiger partial charge in [-0.3, -0.25) is 19.7 Å². The molecule has 0 spiro atoms. The second-order valence-corrected chi connectivity index (χ2v) is 4.54. The zero-order chi connectivity index (χ0) is 14.5. The van der Waals surface area contributed by atoms with Crippen molar-refractivity contribution in [3.63, 3.8) is 0 Å². The number of carbonyl (C=O) groups excluding carboxylic acids is 3. The van der Waals surface area contributed by atoms with Crippen molar-refractivity contribution in [3.8, 4) is 6.07 Å². The van der Waals surface area contributed by atoms with E-state index in [0.717, 1.165) is 10.5 Å². The van der Waals surface area contributed by atoms with E-state index in [1.807, 2.05) is 36.4 Å². The number of nitrogens with zero attached hydrogens (tertiary/aromatic N) is 2. The molecule has 1 aliphatic heterocycles. The average Bonchev–Trinajstić information content (AvgIpc) is 2.44. The van der Waals surface area contributed by atoms with Gasteiger partial charge in [-0.2, -0.15) is 5.26 Å². The number of amides is 3. The predicted molar refractivity (Wildman–Crippen MR) is 69.0 cm³/mol.